The number of hydrogen-bond donors (Lipinski definition) is 1. The molecule has 0 saturated carbocycles. The van der Waals surface area contributed by atoms with Gasteiger partial charge in [-0.25, -0.2) is 0 Å². The van der Waals surface area contributed by atoms with Crippen LogP contribution in [0.4, 0.5) is 5.69 Å². The fourth-order valence-corrected chi connectivity index (χ4v) is 3.93. The van der Waals surface area contributed by atoms with Crippen LogP contribution in [0.5, 0.6) is 5.75 Å². The zero-order valence-electron chi connectivity index (χ0n) is 14.7. The van der Waals surface area contributed by atoms with Gasteiger partial charge in [-0.1, -0.05) is 12.1 Å². The van der Waals surface area contributed by atoms with E-state index in [1.54, 1.807) is 18.4 Å². The number of anilines is 1. The summed E-state index contributed by atoms with van der Waals surface area (Å²) in [7, 11) is 1.68. The SMILES string of the molecule is COc1ccc(C)cc1NC(=S)N(Cc1cccs1)CC1CCCO1. The molecule has 1 atom stereocenters. The van der Waals surface area contributed by atoms with Crippen molar-refractivity contribution >= 4 is 34.4 Å². The fourth-order valence-electron chi connectivity index (χ4n) is 2.96. The Balaban J connectivity index is 1.74. The molecule has 0 amide bonds. The number of nitrogens with zero attached hydrogens (tertiary/aromatic N) is 1. The lowest BCUT2D eigenvalue weighted by atomic mass is 10.2. The first-order chi connectivity index (χ1) is 12.2. The predicted octanol–water partition coefficient (Wildman–Crippen LogP) is 4.44. The molecule has 1 aromatic heterocycles. The number of ether oxygens (including phenoxy) is 2. The molecule has 1 fully saturated rings. The second kappa shape index (κ2) is 8.65. The zero-order chi connectivity index (χ0) is 17.6. The Morgan fingerprint density at radius 1 is 1.44 bits per heavy atom. The van der Waals surface area contributed by atoms with Gasteiger partial charge >= 0.3 is 0 Å². The number of thiophene rings is 1. The second-order valence-electron chi connectivity index (χ2n) is 6.23. The number of hydrogen-bond acceptors (Lipinski definition) is 4. The number of methoxy groups -OCH3 is 1. The van der Waals surface area contributed by atoms with E-state index in [4.69, 9.17) is 21.7 Å². The Hall–Kier alpha value is -1.63. The first-order valence-electron chi connectivity index (χ1n) is 8.50. The molecule has 1 unspecified atom stereocenters. The number of nitrogens with one attached hydrogen (secondary N) is 1. The van der Waals surface area contributed by atoms with Gasteiger partial charge in [0, 0.05) is 18.0 Å². The van der Waals surface area contributed by atoms with Crippen LogP contribution in [0.3, 0.4) is 0 Å². The molecule has 1 aliphatic rings. The topological polar surface area (TPSA) is 33.7 Å². The third kappa shape index (κ3) is 4.93. The van der Waals surface area contributed by atoms with Gasteiger partial charge < -0.3 is 19.7 Å². The summed E-state index contributed by atoms with van der Waals surface area (Å²) in [6.07, 6.45) is 2.47. The Morgan fingerprint density at radius 2 is 2.32 bits per heavy atom. The molecule has 134 valence electrons. The summed E-state index contributed by atoms with van der Waals surface area (Å²) in [5.41, 5.74) is 2.06. The van der Waals surface area contributed by atoms with Crippen molar-refractivity contribution in [2.24, 2.45) is 0 Å². The Bertz CT molecular complexity index is 697. The van der Waals surface area contributed by atoms with E-state index in [0.717, 1.165) is 49.5 Å². The Kier molecular flexibility index (Phi) is 6.29. The van der Waals surface area contributed by atoms with E-state index in [1.165, 1.54) is 4.88 Å². The van der Waals surface area contributed by atoms with Crippen LogP contribution in [-0.2, 0) is 11.3 Å². The van der Waals surface area contributed by atoms with Crippen molar-refractivity contribution in [2.45, 2.75) is 32.4 Å². The van der Waals surface area contributed by atoms with Crippen molar-refractivity contribution < 1.29 is 9.47 Å². The van der Waals surface area contributed by atoms with Crippen LogP contribution in [0, 0.1) is 6.92 Å². The first kappa shape index (κ1) is 18.2. The minimum Gasteiger partial charge on any atom is -0.495 e. The summed E-state index contributed by atoms with van der Waals surface area (Å²) in [6, 6.07) is 10.3. The van der Waals surface area contributed by atoms with Gasteiger partial charge in [0.1, 0.15) is 5.75 Å². The molecule has 1 aliphatic heterocycles. The maximum atomic E-state index is 5.82. The summed E-state index contributed by atoms with van der Waals surface area (Å²) in [5.74, 6) is 0.793. The molecule has 0 spiro atoms. The molecule has 1 saturated heterocycles. The second-order valence-corrected chi connectivity index (χ2v) is 7.65. The van der Waals surface area contributed by atoms with E-state index in [-0.39, 0.29) is 6.10 Å². The molecule has 2 heterocycles. The molecule has 0 aliphatic carbocycles. The molecule has 4 nitrogen and oxygen atoms in total. The number of rotatable bonds is 6. The van der Waals surface area contributed by atoms with Gasteiger partial charge in [0.05, 0.1) is 25.4 Å². The minimum absolute atomic E-state index is 0.249. The molecule has 1 aromatic carbocycles. The van der Waals surface area contributed by atoms with Crippen molar-refractivity contribution in [3.05, 3.63) is 46.2 Å². The van der Waals surface area contributed by atoms with Gasteiger partial charge in [-0.3, -0.25) is 0 Å². The lowest BCUT2D eigenvalue weighted by Gasteiger charge is -2.28. The van der Waals surface area contributed by atoms with Gasteiger partial charge in [-0.05, 0) is 61.1 Å². The summed E-state index contributed by atoms with van der Waals surface area (Å²) in [6.45, 7) is 4.50. The van der Waals surface area contributed by atoms with E-state index >= 15 is 0 Å². The van der Waals surface area contributed by atoms with Crippen molar-refractivity contribution in [2.75, 3.05) is 25.6 Å². The van der Waals surface area contributed by atoms with Gasteiger partial charge in [0.25, 0.3) is 0 Å². The van der Waals surface area contributed by atoms with Crippen molar-refractivity contribution in [3.63, 3.8) is 0 Å². The molecule has 3 rings (SSSR count). The maximum Gasteiger partial charge on any atom is 0.173 e. The predicted molar refractivity (Wildman–Crippen MR) is 108 cm³/mol. The summed E-state index contributed by atoms with van der Waals surface area (Å²) in [4.78, 5) is 3.48. The number of benzene rings is 1. The van der Waals surface area contributed by atoms with Crippen LogP contribution < -0.4 is 10.1 Å². The molecule has 2 aromatic rings. The molecular formula is C19H24N2O2S2. The minimum atomic E-state index is 0.249. The standard InChI is InChI=1S/C19H24N2O2S2/c1-14-7-8-18(22-2)17(11-14)20-19(24)21(12-15-5-3-9-23-15)13-16-6-4-10-25-16/h4,6-8,10-11,15H,3,5,9,12-13H2,1-2H3,(H,20,24). The molecule has 1 N–H and O–H groups in total. The van der Waals surface area contributed by atoms with Crippen LogP contribution in [0.15, 0.2) is 35.7 Å². The summed E-state index contributed by atoms with van der Waals surface area (Å²) in [5, 5.41) is 6.17. The highest BCUT2D eigenvalue weighted by molar-refractivity contribution is 7.80. The quantitative estimate of drug-likeness (QED) is 0.754. The average Bonchev–Trinajstić information content (AvgIpc) is 3.28. The fraction of sp³-hybridized carbons (Fsp3) is 0.421. The lowest BCUT2D eigenvalue weighted by Crippen LogP contribution is -2.39. The van der Waals surface area contributed by atoms with Crippen molar-refractivity contribution in [3.8, 4) is 5.75 Å². The largest absolute Gasteiger partial charge is 0.495 e. The number of aryl methyl sites for hydroxylation is 1. The summed E-state index contributed by atoms with van der Waals surface area (Å²) < 4.78 is 11.3. The molecular weight excluding hydrogens is 352 g/mol. The smallest absolute Gasteiger partial charge is 0.173 e. The van der Waals surface area contributed by atoms with E-state index in [9.17, 15) is 0 Å². The molecule has 0 radical (unpaired) electrons. The summed E-state index contributed by atoms with van der Waals surface area (Å²) >= 11 is 7.47. The van der Waals surface area contributed by atoms with Gasteiger partial charge in [-0.15, -0.1) is 11.3 Å². The van der Waals surface area contributed by atoms with Crippen LogP contribution in [0.25, 0.3) is 0 Å². The van der Waals surface area contributed by atoms with Crippen LogP contribution in [0.1, 0.15) is 23.3 Å². The highest BCUT2D eigenvalue weighted by atomic mass is 32.1. The third-order valence-electron chi connectivity index (χ3n) is 4.26. The molecule has 25 heavy (non-hydrogen) atoms. The van der Waals surface area contributed by atoms with E-state index in [2.05, 4.69) is 40.7 Å². The first-order valence-corrected chi connectivity index (χ1v) is 9.79. The van der Waals surface area contributed by atoms with Gasteiger partial charge in [-0.2, -0.15) is 0 Å². The van der Waals surface area contributed by atoms with Crippen LogP contribution in [-0.4, -0.2) is 36.4 Å². The maximum absolute atomic E-state index is 5.82. The Labute approximate surface area is 158 Å². The highest BCUT2D eigenvalue weighted by Crippen LogP contribution is 2.26. The van der Waals surface area contributed by atoms with Crippen LogP contribution in [0.2, 0.25) is 0 Å². The van der Waals surface area contributed by atoms with Crippen molar-refractivity contribution in [1.82, 2.24) is 4.90 Å². The van der Waals surface area contributed by atoms with Crippen LogP contribution >= 0.6 is 23.6 Å². The van der Waals surface area contributed by atoms with E-state index in [1.807, 2.05) is 12.1 Å². The monoisotopic (exact) mass is 376 g/mol. The van der Waals surface area contributed by atoms with Gasteiger partial charge in [0.2, 0.25) is 0 Å². The average molecular weight is 377 g/mol. The molecule has 0 bridgehead atoms. The van der Waals surface area contributed by atoms with E-state index < -0.39 is 0 Å². The number of thiocarbonyl (C=S) groups is 1. The van der Waals surface area contributed by atoms with Gasteiger partial charge in [0.15, 0.2) is 5.11 Å². The van der Waals surface area contributed by atoms with Crippen molar-refractivity contribution in [1.29, 1.82) is 0 Å². The van der Waals surface area contributed by atoms with E-state index in [0.29, 0.717) is 5.11 Å². The Morgan fingerprint density at radius 3 is 3.00 bits per heavy atom. The third-order valence-corrected chi connectivity index (χ3v) is 5.48. The lowest BCUT2D eigenvalue weighted by molar-refractivity contribution is 0.0907. The highest BCUT2D eigenvalue weighted by Gasteiger charge is 2.22. The molecule has 6 heteroatoms. The zero-order valence-corrected chi connectivity index (χ0v) is 16.3. The normalized spacial score (nSPS) is 16.6.